The molecule has 0 amide bonds. The summed E-state index contributed by atoms with van der Waals surface area (Å²) in [4.78, 5) is 2.13. The quantitative estimate of drug-likeness (QED) is 0.721. The molecule has 0 atom stereocenters. The Hall–Kier alpha value is -1.16. The molecule has 0 radical (unpaired) electrons. The maximum atomic E-state index is 5.46. The molecule has 0 aromatic carbocycles. The smallest absolute Gasteiger partial charge is 0.150 e. The molecule has 4 heteroatoms. The van der Waals surface area contributed by atoms with E-state index in [2.05, 4.69) is 22.0 Å². The van der Waals surface area contributed by atoms with Crippen LogP contribution < -0.4 is 10.6 Å². The highest BCUT2D eigenvalue weighted by Crippen LogP contribution is 2.08. The summed E-state index contributed by atoms with van der Waals surface area (Å²) in [5.41, 5.74) is 6.29. The Morgan fingerprint density at radius 3 is 2.60 bits per heavy atom. The van der Waals surface area contributed by atoms with Crippen molar-refractivity contribution >= 4 is 5.82 Å². The summed E-state index contributed by atoms with van der Waals surface area (Å²) < 4.78 is 0. The van der Waals surface area contributed by atoms with Crippen molar-refractivity contribution < 1.29 is 0 Å². The molecular weight excluding hydrogens is 188 g/mol. The van der Waals surface area contributed by atoms with Gasteiger partial charge in [-0.2, -0.15) is 5.10 Å². The van der Waals surface area contributed by atoms with Crippen molar-refractivity contribution in [3.8, 4) is 0 Å². The number of nitrogens with two attached hydrogens (primary N) is 1. The zero-order valence-electron chi connectivity index (χ0n) is 9.61. The molecule has 0 saturated carbocycles. The van der Waals surface area contributed by atoms with Gasteiger partial charge in [-0.25, -0.2) is 0 Å². The van der Waals surface area contributed by atoms with E-state index in [9.17, 15) is 0 Å². The highest BCUT2D eigenvalue weighted by Gasteiger charge is 2.02. The van der Waals surface area contributed by atoms with Crippen molar-refractivity contribution in [1.29, 1.82) is 0 Å². The van der Waals surface area contributed by atoms with Crippen LogP contribution in [0, 0.1) is 0 Å². The van der Waals surface area contributed by atoms with Crippen LogP contribution in [0.1, 0.15) is 31.9 Å². The molecule has 0 fully saturated rings. The molecule has 0 aliphatic rings. The van der Waals surface area contributed by atoms with Gasteiger partial charge in [-0.15, -0.1) is 5.10 Å². The molecule has 0 bridgehead atoms. The lowest BCUT2D eigenvalue weighted by Gasteiger charge is -2.17. The highest BCUT2D eigenvalue weighted by molar-refractivity contribution is 5.35. The Bertz CT molecular complexity index is 270. The lowest BCUT2D eigenvalue weighted by molar-refractivity contribution is 0.697. The number of hydrogen-bond donors (Lipinski definition) is 1. The third-order valence-electron chi connectivity index (χ3n) is 2.40. The average molecular weight is 208 g/mol. The van der Waals surface area contributed by atoms with Crippen LogP contribution in [0.15, 0.2) is 12.1 Å². The largest absolute Gasteiger partial charge is 0.358 e. The number of aromatic nitrogens is 2. The van der Waals surface area contributed by atoms with Crippen LogP contribution in [-0.4, -0.2) is 23.8 Å². The fraction of sp³-hybridized carbons (Fsp3) is 0.636. The Labute approximate surface area is 91.5 Å². The molecule has 0 aliphatic heterocycles. The summed E-state index contributed by atoms with van der Waals surface area (Å²) in [6.07, 6.45) is 3.71. The van der Waals surface area contributed by atoms with Crippen molar-refractivity contribution in [2.24, 2.45) is 5.73 Å². The molecule has 1 heterocycles. The first kappa shape index (κ1) is 11.9. The molecule has 84 valence electrons. The molecule has 1 aromatic heterocycles. The third-order valence-corrected chi connectivity index (χ3v) is 2.40. The van der Waals surface area contributed by atoms with Crippen LogP contribution in [0.25, 0.3) is 0 Å². The number of nitrogens with zero attached hydrogens (tertiary/aromatic N) is 3. The van der Waals surface area contributed by atoms with Gasteiger partial charge < -0.3 is 10.6 Å². The number of unbranched alkanes of at least 4 members (excludes halogenated alkanes) is 2. The molecule has 2 N–H and O–H groups in total. The molecule has 0 unspecified atom stereocenters. The molecule has 15 heavy (non-hydrogen) atoms. The van der Waals surface area contributed by atoms with Crippen molar-refractivity contribution in [2.45, 2.75) is 32.7 Å². The predicted octanol–water partition coefficient (Wildman–Crippen LogP) is 1.56. The Kier molecular flexibility index (Phi) is 5.04. The molecular formula is C11H20N4. The summed E-state index contributed by atoms with van der Waals surface area (Å²) in [6.45, 7) is 3.69. The molecule has 1 aromatic rings. The topological polar surface area (TPSA) is 55.0 Å². The van der Waals surface area contributed by atoms with E-state index in [0.717, 1.165) is 18.1 Å². The van der Waals surface area contributed by atoms with Gasteiger partial charge >= 0.3 is 0 Å². The maximum absolute atomic E-state index is 5.46. The number of rotatable bonds is 6. The lowest BCUT2D eigenvalue weighted by atomic mass is 10.2. The zero-order valence-corrected chi connectivity index (χ0v) is 9.61. The Balaban J connectivity index is 2.46. The van der Waals surface area contributed by atoms with Gasteiger partial charge in [0.2, 0.25) is 0 Å². The van der Waals surface area contributed by atoms with E-state index in [1.54, 1.807) is 0 Å². The van der Waals surface area contributed by atoms with E-state index < -0.39 is 0 Å². The van der Waals surface area contributed by atoms with Gasteiger partial charge in [0.25, 0.3) is 0 Å². The van der Waals surface area contributed by atoms with Crippen LogP contribution >= 0.6 is 0 Å². The van der Waals surface area contributed by atoms with Crippen molar-refractivity contribution in [2.75, 3.05) is 18.5 Å². The second-order valence-corrected chi connectivity index (χ2v) is 3.72. The first-order chi connectivity index (χ1) is 7.27. The van der Waals surface area contributed by atoms with Crippen molar-refractivity contribution in [3.63, 3.8) is 0 Å². The summed E-state index contributed by atoms with van der Waals surface area (Å²) in [6, 6.07) is 3.90. The minimum absolute atomic E-state index is 0.451. The minimum atomic E-state index is 0.451. The molecule has 0 aliphatic carbocycles. The lowest BCUT2D eigenvalue weighted by Crippen LogP contribution is -2.20. The summed E-state index contributed by atoms with van der Waals surface area (Å²) in [5, 5.41) is 8.15. The fourth-order valence-electron chi connectivity index (χ4n) is 1.38. The van der Waals surface area contributed by atoms with Crippen molar-refractivity contribution in [3.05, 3.63) is 17.8 Å². The zero-order chi connectivity index (χ0) is 11.1. The second kappa shape index (κ2) is 6.35. The van der Waals surface area contributed by atoms with Gasteiger partial charge in [-0.05, 0) is 18.6 Å². The van der Waals surface area contributed by atoms with Crippen LogP contribution in [0.4, 0.5) is 5.82 Å². The monoisotopic (exact) mass is 208 g/mol. The average Bonchev–Trinajstić information content (AvgIpc) is 2.29. The van der Waals surface area contributed by atoms with Crippen LogP contribution in [0.5, 0.6) is 0 Å². The van der Waals surface area contributed by atoms with Gasteiger partial charge in [0, 0.05) is 20.1 Å². The first-order valence-corrected chi connectivity index (χ1v) is 5.51. The second-order valence-electron chi connectivity index (χ2n) is 3.72. The molecule has 0 spiro atoms. The summed E-state index contributed by atoms with van der Waals surface area (Å²) in [7, 11) is 2.04. The SMILES string of the molecule is CCCCCN(C)c1ccc(CN)nn1. The Morgan fingerprint density at radius 1 is 1.27 bits per heavy atom. The fourth-order valence-corrected chi connectivity index (χ4v) is 1.38. The van der Waals surface area contributed by atoms with Gasteiger partial charge in [0.05, 0.1) is 5.69 Å². The van der Waals surface area contributed by atoms with Crippen molar-refractivity contribution in [1.82, 2.24) is 10.2 Å². The Morgan fingerprint density at radius 2 is 2.07 bits per heavy atom. The highest BCUT2D eigenvalue weighted by atomic mass is 15.2. The van der Waals surface area contributed by atoms with Gasteiger partial charge in [0.1, 0.15) is 0 Å². The molecule has 1 rings (SSSR count). The van der Waals surface area contributed by atoms with Gasteiger partial charge in [0.15, 0.2) is 5.82 Å². The van der Waals surface area contributed by atoms with Gasteiger partial charge in [-0.3, -0.25) is 0 Å². The maximum Gasteiger partial charge on any atom is 0.150 e. The number of anilines is 1. The van der Waals surface area contributed by atoms with Gasteiger partial charge in [-0.1, -0.05) is 19.8 Å². The normalized spacial score (nSPS) is 10.3. The van der Waals surface area contributed by atoms with E-state index in [4.69, 9.17) is 5.73 Å². The number of hydrogen-bond acceptors (Lipinski definition) is 4. The molecule has 4 nitrogen and oxygen atoms in total. The molecule has 0 saturated heterocycles. The van der Waals surface area contributed by atoms with E-state index in [1.807, 2.05) is 19.2 Å². The van der Waals surface area contributed by atoms with E-state index in [-0.39, 0.29) is 0 Å². The standard InChI is InChI=1S/C11H20N4/c1-3-4-5-8-15(2)11-7-6-10(9-12)13-14-11/h6-7H,3-5,8-9,12H2,1-2H3. The summed E-state index contributed by atoms with van der Waals surface area (Å²) in [5.74, 6) is 0.920. The third kappa shape index (κ3) is 3.83. The predicted molar refractivity (Wildman–Crippen MR) is 62.7 cm³/mol. The van der Waals surface area contributed by atoms with E-state index >= 15 is 0 Å². The van der Waals surface area contributed by atoms with Crippen LogP contribution in [0.3, 0.4) is 0 Å². The van der Waals surface area contributed by atoms with E-state index in [0.29, 0.717) is 6.54 Å². The van der Waals surface area contributed by atoms with E-state index in [1.165, 1.54) is 19.3 Å². The van der Waals surface area contributed by atoms with Crippen LogP contribution in [0.2, 0.25) is 0 Å². The first-order valence-electron chi connectivity index (χ1n) is 5.51. The summed E-state index contributed by atoms with van der Waals surface area (Å²) >= 11 is 0. The minimum Gasteiger partial charge on any atom is -0.358 e. The van der Waals surface area contributed by atoms with Crippen LogP contribution in [-0.2, 0) is 6.54 Å².